The Bertz CT molecular complexity index is 442. The second kappa shape index (κ2) is 4.18. The molecule has 2 atom stereocenters. The van der Waals surface area contributed by atoms with Gasteiger partial charge < -0.3 is 9.47 Å². The van der Waals surface area contributed by atoms with Crippen LogP contribution in [0.5, 0.6) is 5.75 Å². The summed E-state index contributed by atoms with van der Waals surface area (Å²) >= 11 is 3.41. The van der Waals surface area contributed by atoms with Gasteiger partial charge in [-0.05, 0) is 26.0 Å². The van der Waals surface area contributed by atoms with Crippen LogP contribution in [0.3, 0.4) is 0 Å². The minimum absolute atomic E-state index is 0.00104. The van der Waals surface area contributed by atoms with Crippen LogP contribution in [0.25, 0.3) is 0 Å². The van der Waals surface area contributed by atoms with E-state index in [9.17, 15) is 4.79 Å². The number of carbonyl (C=O) groups excluding carboxylic acids is 1. The maximum absolute atomic E-state index is 12.0. The molecule has 0 saturated carbocycles. The molecule has 4 heteroatoms. The molecule has 0 unspecified atom stereocenters. The van der Waals surface area contributed by atoms with Crippen LogP contribution in [-0.2, 0) is 4.74 Å². The molecule has 1 aliphatic heterocycles. The number of Topliss-reactive ketones (excluding diaryl/α,β-unsaturated/α-hetero) is 1. The first kappa shape index (κ1) is 11.6. The van der Waals surface area contributed by atoms with E-state index >= 15 is 0 Å². The number of methoxy groups -OCH3 is 1. The van der Waals surface area contributed by atoms with Crippen LogP contribution in [0.4, 0.5) is 0 Å². The van der Waals surface area contributed by atoms with Crippen LogP contribution in [0.2, 0.25) is 0 Å². The van der Waals surface area contributed by atoms with Crippen molar-refractivity contribution in [2.45, 2.75) is 26.1 Å². The van der Waals surface area contributed by atoms with Crippen LogP contribution in [0, 0.1) is 0 Å². The minimum Gasteiger partial charge on any atom is -0.496 e. The van der Waals surface area contributed by atoms with E-state index < -0.39 is 6.10 Å². The number of fused-ring (bicyclic) bond motifs is 1. The molecule has 0 radical (unpaired) electrons. The van der Waals surface area contributed by atoms with Crippen molar-refractivity contribution in [3.05, 3.63) is 27.7 Å². The van der Waals surface area contributed by atoms with Gasteiger partial charge in [-0.3, -0.25) is 4.79 Å². The molecule has 0 aromatic heterocycles. The molecule has 1 aromatic rings. The zero-order chi connectivity index (χ0) is 11.9. The highest BCUT2D eigenvalue weighted by atomic mass is 79.9. The van der Waals surface area contributed by atoms with E-state index in [0.717, 1.165) is 10.0 Å². The van der Waals surface area contributed by atoms with Crippen molar-refractivity contribution in [3.63, 3.8) is 0 Å². The summed E-state index contributed by atoms with van der Waals surface area (Å²) < 4.78 is 11.6. The van der Waals surface area contributed by atoms with Crippen molar-refractivity contribution >= 4 is 21.7 Å². The predicted octanol–water partition coefficient (Wildman–Crippen LogP) is 3.12. The Morgan fingerprint density at radius 2 is 2.00 bits per heavy atom. The number of ketones is 1. The van der Waals surface area contributed by atoms with Gasteiger partial charge in [0.1, 0.15) is 11.9 Å². The summed E-state index contributed by atoms with van der Waals surface area (Å²) in [7, 11) is 1.60. The minimum atomic E-state index is -0.397. The molecule has 1 aliphatic rings. The molecular weight excluding hydrogens is 272 g/mol. The number of rotatable bonds is 1. The Morgan fingerprint density at radius 1 is 1.31 bits per heavy atom. The van der Waals surface area contributed by atoms with Crippen molar-refractivity contribution in [3.8, 4) is 5.75 Å². The highest BCUT2D eigenvalue weighted by molar-refractivity contribution is 9.10. The lowest BCUT2D eigenvalue weighted by atomic mass is 9.93. The topological polar surface area (TPSA) is 35.5 Å². The third-order valence-corrected chi connectivity index (χ3v) is 3.47. The summed E-state index contributed by atoms with van der Waals surface area (Å²) in [4.78, 5) is 12.0. The molecular formula is C12H13BrO3. The van der Waals surface area contributed by atoms with Crippen LogP contribution in [0.1, 0.15) is 35.9 Å². The van der Waals surface area contributed by atoms with Crippen LogP contribution < -0.4 is 4.74 Å². The number of benzene rings is 1. The zero-order valence-corrected chi connectivity index (χ0v) is 11.0. The van der Waals surface area contributed by atoms with E-state index in [-0.39, 0.29) is 11.9 Å². The van der Waals surface area contributed by atoms with E-state index in [0.29, 0.717) is 11.3 Å². The summed E-state index contributed by atoms with van der Waals surface area (Å²) in [5.74, 6) is 0.699. The lowest BCUT2D eigenvalue weighted by Gasteiger charge is -2.29. The van der Waals surface area contributed by atoms with Crippen LogP contribution in [-0.4, -0.2) is 19.0 Å². The smallest absolute Gasteiger partial charge is 0.192 e. The first-order chi connectivity index (χ1) is 7.56. The molecule has 16 heavy (non-hydrogen) atoms. The Hall–Kier alpha value is -0.870. The second-order valence-corrected chi connectivity index (χ2v) is 4.68. The number of carbonyl (C=O) groups is 1. The highest BCUT2D eigenvalue weighted by Gasteiger charge is 2.33. The summed E-state index contributed by atoms with van der Waals surface area (Å²) in [6, 6.07) is 3.67. The Morgan fingerprint density at radius 3 is 2.62 bits per heavy atom. The predicted molar refractivity (Wildman–Crippen MR) is 64.0 cm³/mol. The lowest BCUT2D eigenvalue weighted by molar-refractivity contribution is 0.00198. The van der Waals surface area contributed by atoms with Gasteiger partial charge >= 0.3 is 0 Å². The molecule has 0 spiro atoms. The largest absolute Gasteiger partial charge is 0.496 e. The van der Waals surface area contributed by atoms with Crippen LogP contribution in [0.15, 0.2) is 16.6 Å². The van der Waals surface area contributed by atoms with Crippen molar-refractivity contribution in [2.75, 3.05) is 7.11 Å². The van der Waals surface area contributed by atoms with Gasteiger partial charge in [-0.1, -0.05) is 15.9 Å². The van der Waals surface area contributed by atoms with Crippen molar-refractivity contribution in [2.24, 2.45) is 0 Å². The standard InChI is InChI=1S/C12H13BrO3/c1-6-10-9(15-3)5-4-8(13)11(10)12(14)7(2)16-6/h4-7H,1-3H3/t6-,7-/m0/s1. The van der Waals surface area contributed by atoms with Crippen molar-refractivity contribution in [1.29, 1.82) is 0 Å². The van der Waals surface area contributed by atoms with Gasteiger partial charge in [-0.2, -0.15) is 0 Å². The maximum Gasteiger partial charge on any atom is 0.192 e. The third-order valence-electron chi connectivity index (χ3n) is 2.80. The SMILES string of the molecule is COc1ccc(Br)c2c1[C@H](C)O[C@@H](C)C2=O. The first-order valence-electron chi connectivity index (χ1n) is 5.12. The first-order valence-corrected chi connectivity index (χ1v) is 5.91. The fourth-order valence-electron chi connectivity index (χ4n) is 2.05. The van der Waals surface area contributed by atoms with Crippen LogP contribution >= 0.6 is 15.9 Å². The molecule has 0 aliphatic carbocycles. The van der Waals surface area contributed by atoms with Gasteiger partial charge in [0.25, 0.3) is 0 Å². The molecule has 2 rings (SSSR count). The Labute approximate surface area is 103 Å². The highest BCUT2D eigenvalue weighted by Crippen LogP contribution is 2.39. The molecule has 3 nitrogen and oxygen atoms in total. The fourth-order valence-corrected chi connectivity index (χ4v) is 2.59. The molecule has 0 N–H and O–H groups in total. The molecule has 0 saturated heterocycles. The maximum atomic E-state index is 12.0. The molecule has 0 amide bonds. The van der Waals surface area contributed by atoms with E-state index in [1.54, 1.807) is 14.0 Å². The average Bonchev–Trinajstić information content (AvgIpc) is 2.25. The Kier molecular flexibility index (Phi) is 3.04. The van der Waals surface area contributed by atoms with E-state index in [2.05, 4.69) is 15.9 Å². The number of halogens is 1. The van der Waals surface area contributed by atoms with Gasteiger partial charge in [0.15, 0.2) is 5.78 Å². The number of ether oxygens (including phenoxy) is 2. The van der Waals surface area contributed by atoms with E-state index in [4.69, 9.17) is 9.47 Å². The van der Waals surface area contributed by atoms with Gasteiger partial charge in [-0.25, -0.2) is 0 Å². The van der Waals surface area contributed by atoms with E-state index in [1.165, 1.54) is 0 Å². The molecule has 86 valence electrons. The third kappa shape index (κ3) is 1.66. The number of hydrogen-bond acceptors (Lipinski definition) is 3. The zero-order valence-electron chi connectivity index (χ0n) is 9.41. The Balaban J connectivity index is 2.68. The summed E-state index contributed by atoms with van der Waals surface area (Å²) in [5, 5.41) is 0. The van der Waals surface area contributed by atoms with Crippen molar-refractivity contribution in [1.82, 2.24) is 0 Å². The number of hydrogen-bond donors (Lipinski definition) is 0. The monoisotopic (exact) mass is 284 g/mol. The van der Waals surface area contributed by atoms with Gasteiger partial charge in [0, 0.05) is 15.6 Å². The quantitative estimate of drug-likeness (QED) is 0.795. The van der Waals surface area contributed by atoms with E-state index in [1.807, 2.05) is 19.1 Å². The average molecular weight is 285 g/mol. The van der Waals surface area contributed by atoms with Gasteiger partial charge in [0.05, 0.1) is 13.2 Å². The summed E-state index contributed by atoms with van der Waals surface area (Å²) in [5.41, 5.74) is 1.52. The second-order valence-electron chi connectivity index (χ2n) is 3.82. The lowest BCUT2D eigenvalue weighted by Crippen LogP contribution is -2.30. The van der Waals surface area contributed by atoms with Crippen molar-refractivity contribution < 1.29 is 14.3 Å². The van der Waals surface area contributed by atoms with Gasteiger partial charge in [0.2, 0.25) is 0 Å². The molecule has 0 bridgehead atoms. The summed E-state index contributed by atoms with van der Waals surface area (Å²) in [6.45, 7) is 3.70. The summed E-state index contributed by atoms with van der Waals surface area (Å²) in [6.07, 6.45) is -0.527. The fraction of sp³-hybridized carbons (Fsp3) is 0.417. The molecule has 1 aromatic carbocycles. The van der Waals surface area contributed by atoms with Gasteiger partial charge in [-0.15, -0.1) is 0 Å². The molecule has 1 heterocycles. The normalized spacial score (nSPS) is 24.1. The molecule has 0 fully saturated rings.